The molecule has 0 aromatic carbocycles. The van der Waals surface area contributed by atoms with Crippen LogP contribution >= 0.6 is 23.1 Å². The molecule has 1 saturated heterocycles. The average Bonchev–Trinajstić information content (AvgIpc) is 2.58. The van der Waals surface area contributed by atoms with Crippen LogP contribution in [0.1, 0.15) is 25.0 Å². The topological polar surface area (TPSA) is 29.0 Å². The predicted octanol–water partition coefficient (Wildman–Crippen LogP) is 2.13. The highest BCUT2D eigenvalue weighted by atomic mass is 35.5. The van der Waals surface area contributed by atoms with Gasteiger partial charge in [-0.15, -0.1) is 16.7 Å². The second kappa shape index (κ2) is 5.05. The van der Waals surface area contributed by atoms with E-state index in [1.54, 1.807) is 0 Å². The van der Waals surface area contributed by atoms with Crippen molar-refractivity contribution in [2.24, 2.45) is 0 Å². The van der Waals surface area contributed by atoms with E-state index >= 15 is 0 Å². The standard InChI is InChI=1S/C9H14ClN3S/c10-8-2-1-4-13(5-3-8)6-9-7-14-12-11-9/h7-8H,1-6H2. The lowest BCUT2D eigenvalue weighted by Gasteiger charge is -2.17. The monoisotopic (exact) mass is 231 g/mol. The van der Waals surface area contributed by atoms with Gasteiger partial charge in [-0.2, -0.15) is 0 Å². The zero-order chi connectivity index (χ0) is 9.80. The molecular weight excluding hydrogens is 218 g/mol. The van der Waals surface area contributed by atoms with Crippen LogP contribution < -0.4 is 0 Å². The number of hydrogen-bond donors (Lipinski definition) is 0. The average molecular weight is 232 g/mol. The van der Waals surface area contributed by atoms with E-state index in [0.29, 0.717) is 5.38 Å². The summed E-state index contributed by atoms with van der Waals surface area (Å²) in [5.74, 6) is 0. The zero-order valence-corrected chi connectivity index (χ0v) is 9.60. The lowest BCUT2D eigenvalue weighted by Crippen LogP contribution is -2.24. The van der Waals surface area contributed by atoms with Gasteiger partial charge < -0.3 is 0 Å². The summed E-state index contributed by atoms with van der Waals surface area (Å²) in [6, 6.07) is 0. The van der Waals surface area contributed by atoms with Crippen LogP contribution in [-0.4, -0.2) is 33.0 Å². The summed E-state index contributed by atoms with van der Waals surface area (Å²) in [4.78, 5) is 2.42. The lowest BCUT2D eigenvalue weighted by molar-refractivity contribution is 0.274. The van der Waals surface area contributed by atoms with E-state index in [9.17, 15) is 0 Å². The van der Waals surface area contributed by atoms with Gasteiger partial charge in [-0.1, -0.05) is 4.49 Å². The SMILES string of the molecule is ClC1CCCN(Cc2csnn2)CC1. The molecule has 1 fully saturated rings. The Morgan fingerprint density at radius 2 is 2.43 bits per heavy atom. The van der Waals surface area contributed by atoms with E-state index in [4.69, 9.17) is 11.6 Å². The maximum Gasteiger partial charge on any atom is 0.0895 e. The highest BCUT2D eigenvalue weighted by Gasteiger charge is 2.15. The first-order valence-corrected chi connectivity index (χ1v) is 6.24. The van der Waals surface area contributed by atoms with Crippen molar-refractivity contribution < 1.29 is 0 Å². The minimum Gasteiger partial charge on any atom is -0.297 e. The van der Waals surface area contributed by atoms with Gasteiger partial charge in [-0.05, 0) is 43.9 Å². The molecule has 1 aliphatic heterocycles. The summed E-state index contributed by atoms with van der Waals surface area (Å²) in [6.07, 6.45) is 3.44. The summed E-state index contributed by atoms with van der Waals surface area (Å²) in [5.41, 5.74) is 1.09. The lowest BCUT2D eigenvalue weighted by atomic mass is 10.2. The summed E-state index contributed by atoms with van der Waals surface area (Å²) in [7, 11) is 0. The first-order chi connectivity index (χ1) is 6.84. The molecule has 2 heterocycles. The molecule has 0 spiro atoms. The van der Waals surface area contributed by atoms with E-state index < -0.39 is 0 Å². The number of halogens is 1. The van der Waals surface area contributed by atoms with Crippen LogP contribution in [0.5, 0.6) is 0 Å². The smallest absolute Gasteiger partial charge is 0.0895 e. The molecule has 78 valence electrons. The minimum absolute atomic E-state index is 0.369. The third-order valence-corrected chi connectivity index (χ3v) is 3.53. The molecule has 1 aromatic heterocycles. The highest BCUT2D eigenvalue weighted by molar-refractivity contribution is 7.03. The van der Waals surface area contributed by atoms with Gasteiger partial charge in [0.2, 0.25) is 0 Å². The van der Waals surface area contributed by atoms with Crippen LogP contribution in [0.2, 0.25) is 0 Å². The summed E-state index contributed by atoms with van der Waals surface area (Å²) >= 11 is 7.54. The molecule has 1 unspecified atom stereocenters. The maximum absolute atomic E-state index is 6.12. The van der Waals surface area contributed by atoms with Crippen molar-refractivity contribution >= 4 is 23.1 Å². The van der Waals surface area contributed by atoms with Crippen molar-refractivity contribution in [3.05, 3.63) is 11.1 Å². The van der Waals surface area contributed by atoms with Crippen molar-refractivity contribution in [2.75, 3.05) is 13.1 Å². The molecule has 2 rings (SSSR count). The minimum atomic E-state index is 0.369. The van der Waals surface area contributed by atoms with Gasteiger partial charge in [0.1, 0.15) is 0 Å². The van der Waals surface area contributed by atoms with Gasteiger partial charge in [0.15, 0.2) is 0 Å². The molecule has 1 atom stereocenters. The summed E-state index contributed by atoms with van der Waals surface area (Å²) in [5, 5.41) is 6.44. The Balaban J connectivity index is 1.86. The first kappa shape index (κ1) is 10.3. The molecule has 0 saturated carbocycles. The molecule has 0 bridgehead atoms. The molecule has 3 nitrogen and oxygen atoms in total. The molecule has 1 aromatic rings. The van der Waals surface area contributed by atoms with Crippen LogP contribution in [0.4, 0.5) is 0 Å². The second-order valence-corrected chi connectivity index (χ2v) is 4.93. The Morgan fingerprint density at radius 1 is 1.50 bits per heavy atom. The van der Waals surface area contributed by atoms with E-state index in [2.05, 4.69) is 14.5 Å². The van der Waals surface area contributed by atoms with Crippen LogP contribution in [0.25, 0.3) is 0 Å². The number of alkyl halides is 1. The predicted molar refractivity (Wildman–Crippen MR) is 58.7 cm³/mol. The Bertz CT molecular complexity index is 265. The van der Waals surface area contributed by atoms with Gasteiger partial charge in [0.05, 0.1) is 5.69 Å². The number of rotatable bonds is 2. The molecular formula is C9H14ClN3S. The maximum atomic E-state index is 6.12. The van der Waals surface area contributed by atoms with Crippen LogP contribution in [-0.2, 0) is 6.54 Å². The molecule has 14 heavy (non-hydrogen) atoms. The van der Waals surface area contributed by atoms with Gasteiger partial charge in [-0.3, -0.25) is 4.90 Å². The fraction of sp³-hybridized carbons (Fsp3) is 0.778. The molecule has 0 N–H and O–H groups in total. The Kier molecular flexibility index (Phi) is 3.73. The fourth-order valence-electron chi connectivity index (χ4n) is 1.76. The third kappa shape index (κ3) is 2.90. The molecule has 0 radical (unpaired) electrons. The van der Waals surface area contributed by atoms with Gasteiger partial charge in [0.25, 0.3) is 0 Å². The first-order valence-electron chi connectivity index (χ1n) is 4.97. The van der Waals surface area contributed by atoms with E-state index in [1.165, 1.54) is 18.0 Å². The number of nitrogens with zero attached hydrogens (tertiary/aromatic N) is 3. The van der Waals surface area contributed by atoms with Crippen molar-refractivity contribution in [3.63, 3.8) is 0 Å². The molecule has 1 aliphatic rings. The Hall–Kier alpha value is -0.190. The zero-order valence-electron chi connectivity index (χ0n) is 8.03. The van der Waals surface area contributed by atoms with Gasteiger partial charge in [0, 0.05) is 17.3 Å². The summed E-state index contributed by atoms with van der Waals surface area (Å²) < 4.78 is 3.86. The normalized spacial score (nSPS) is 24.8. The van der Waals surface area contributed by atoms with Gasteiger partial charge in [-0.25, -0.2) is 0 Å². The quantitative estimate of drug-likeness (QED) is 0.731. The third-order valence-electron chi connectivity index (χ3n) is 2.54. The summed E-state index contributed by atoms with van der Waals surface area (Å²) in [6.45, 7) is 3.16. The second-order valence-electron chi connectivity index (χ2n) is 3.70. The van der Waals surface area contributed by atoms with Crippen LogP contribution in [0.15, 0.2) is 5.38 Å². The largest absolute Gasteiger partial charge is 0.297 e. The number of likely N-dealkylation sites (tertiary alicyclic amines) is 1. The number of hydrogen-bond acceptors (Lipinski definition) is 4. The molecule has 5 heteroatoms. The van der Waals surface area contributed by atoms with Crippen LogP contribution in [0, 0.1) is 0 Å². The Morgan fingerprint density at radius 3 is 3.21 bits per heavy atom. The van der Waals surface area contributed by atoms with Crippen LogP contribution in [0.3, 0.4) is 0 Å². The van der Waals surface area contributed by atoms with Crippen molar-refractivity contribution in [2.45, 2.75) is 31.2 Å². The Labute approximate surface area is 93.2 Å². The van der Waals surface area contributed by atoms with Crippen molar-refractivity contribution in [1.29, 1.82) is 0 Å². The molecule has 0 amide bonds. The fourth-order valence-corrected chi connectivity index (χ4v) is 2.45. The van der Waals surface area contributed by atoms with E-state index in [-0.39, 0.29) is 0 Å². The van der Waals surface area contributed by atoms with Crippen molar-refractivity contribution in [3.8, 4) is 0 Å². The van der Waals surface area contributed by atoms with Crippen molar-refractivity contribution in [1.82, 2.24) is 14.5 Å². The van der Waals surface area contributed by atoms with Gasteiger partial charge >= 0.3 is 0 Å². The van der Waals surface area contributed by atoms with E-state index in [1.807, 2.05) is 5.38 Å². The molecule has 0 aliphatic carbocycles. The van der Waals surface area contributed by atoms with E-state index in [0.717, 1.165) is 38.2 Å². The highest BCUT2D eigenvalue weighted by Crippen LogP contribution is 2.17. The number of aromatic nitrogens is 2.